The van der Waals surface area contributed by atoms with Gasteiger partial charge in [-0.2, -0.15) is 0 Å². The number of rotatable bonds is 3. The number of aromatic hydroxyl groups is 1. The summed E-state index contributed by atoms with van der Waals surface area (Å²) in [6.07, 6.45) is 1.71. The molecular weight excluding hydrogens is 324 g/mol. The number of carboxylic acids is 1. The van der Waals surface area contributed by atoms with Crippen molar-refractivity contribution >= 4 is 11.7 Å². The molecule has 1 aliphatic heterocycles. The van der Waals surface area contributed by atoms with Crippen molar-refractivity contribution in [2.75, 3.05) is 18.0 Å². The summed E-state index contributed by atoms with van der Waals surface area (Å²) in [5.41, 5.74) is 6.46. The average molecular weight is 342 g/mol. The molecule has 1 saturated heterocycles. The summed E-state index contributed by atoms with van der Waals surface area (Å²) in [5, 5.41) is 19.1. The molecule has 5 N–H and O–H groups in total. The zero-order valence-electron chi connectivity index (χ0n) is 13.6. The number of carbonyl (C=O) groups is 1. The molecule has 0 bridgehead atoms. The number of hydrogen-bond acceptors (Lipinski definition) is 6. The second-order valence-corrected chi connectivity index (χ2v) is 6.69. The molecule has 2 aromatic rings. The van der Waals surface area contributed by atoms with E-state index < -0.39 is 22.8 Å². The van der Waals surface area contributed by atoms with Crippen LogP contribution in [0.1, 0.15) is 15.9 Å². The molecule has 0 radical (unpaired) electrons. The molecule has 130 valence electrons. The molecule has 0 aromatic carbocycles. The Morgan fingerprint density at radius 3 is 2.60 bits per heavy atom. The number of piperidine rings is 1. The predicted molar refractivity (Wildman–Crippen MR) is 90.8 cm³/mol. The zero-order valence-corrected chi connectivity index (χ0v) is 13.6. The van der Waals surface area contributed by atoms with Crippen LogP contribution in [-0.2, 0) is 0 Å². The first kappa shape index (κ1) is 15.6. The SMILES string of the molecule is Cc1c(-c2ccc(N3C[C@@H]4C(N)[C@@H]4C3)cn2)[nH]c(=O)c(C(=O)O)c1O. The van der Waals surface area contributed by atoms with Gasteiger partial charge < -0.3 is 25.8 Å². The molecule has 2 aromatic heterocycles. The topological polar surface area (TPSA) is 133 Å². The quantitative estimate of drug-likeness (QED) is 0.640. The van der Waals surface area contributed by atoms with E-state index in [4.69, 9.17) is 10.8 Å². The van der Waals surface area contributed by atoms with Gasteiger partial charge in [0.1, 0.15) is 5.75 Å². The Labute approximate surface area is 142 Å². The summed E-state index contributed by atoms with van der Waals surface area (Å²) in [5.74, 6) is -0.870. The van der Waals surface area contributed by atoms with Crippen molar-refractivity contribution in [1.82, 2.24) is 9.97 Å². The maximum atomic E-state index is 11.9. The number of aromatic carboxylic acids is 1. The van der Waals surface area contributed by atoms with Gasteiger partial charge in [-0.1, -0.05) is 0 Å². The monoisotopic (exact) mass is 342 g/mol. The lowest BCUT2D eigenvalue weighted by molar-refractivity contribution is 0.0691. The first-order valence-corrected chi connectivity index (χ1v) is 8.04. The van der Waals surface area contributed by atoms with E-state index in [-0.39, 0.29) is 5.56 Å². The Bertz CT molecular complexity index is 909. The molecule has 0 amide bonds. The fraction of sp³-hybridized carbons (Fsp3) is 0.353. The number of aromatic nitrogens is 2. The van der Waals surface area contributed by atoms with Gasteiger partial charge in [0.05, 0.1) is 23.3 Å². The Hall–Kier alpha value is -2.87. The van der Waals surface area contributed by atoms with E-state index in [1.54, 1.807) is 12.3 Å². The van der Waals surface area contributed by atoms with Gasteiger partial charge in [0.2, 0.25) is 0 Å². The maximum absolute atomic E-state index is 11.9. The van der Waals surface area contributed by atoms with Gasteiger partial charge in [0.15, 0.2) is 5.56 Å². The third kappa shape index (κ3) is 2.37. The van der Waals surface area contributed by atoms with E-state index in [0.29, 0.717) is 29.3 Å². The Kier molecular flexibility index (Phi) is 3.33. The molecule has 1 unspecified atom stereocenters. The molecule has 3 atom stereocenters. The molecule has 2 fully saturated rings. The van der Waals surface area contributed by atoms with E-state index in [2.05, 4.69) is 14.9 Å². The second kappa shape index (κ2) is 5.32. The maximum Gasteiger partial charge on any atom is 0.345 e. The second-order valence-electron chi connectivity index (χ2n) is 6.69. The Morgan fingerprint density at radius 2 is 2.04 bits per heavy atom. The first-order valence-electron chi connectivity index (χ1n) is 8.04. The summed E-state index contributed by atoms with van der Waals surface area (Å²) in [7, 11) is 0. The van der Waals surface area contributed by atoms with Gasteiger partial charge in [-0.25, -0.2) is 4.79 Å². The van der Waals surface area contributed by atoms with Crippen LogP contribution in [0, 0.1) is 18.8 Å². The van der Waals surface area contributed by atoms with E-state index in [1.807, 2.05) is 6.07 Å². The Balaban J connectivity index is 1.65. The molecule has 3 heterocycles. The number of hydrogen-bond donors (Lipinski definition) is 4. The highest BCUT2D eigenvalue weighted by molar-refractivity contribution is 5.91. The minimum Gasteiger partial charge on any atom is -0.506 e. The van der Waals surface area contributed by atoms with Crippen LogP contribution in [0.15, 0.2) is 23.1 Å². The standard InChI is InChI=1S/C17H18N4O4/c1-7-14(20-16(23)12(15(7)22)17(24)25)11-3-2-8(4-19-11)21-5-9-10(6-21)13(9)18/h2-4,9-10,13H,5-6,18H2,1H3,(H,24,25)(H2,20,22,23)/t9-,10+,13?. The third-order valence-electron chi connectivity index (χ3n) is 5.28. The van der Waals surface area contributed by atoms with Crippen LogP contribution in [0.3, 0.4) is 0 Å². The van der Waals surface area contributed by atoms with Gasteiger partial charge in [-0.15, -0.1) is 0 Å². The molecule has 8 heteroatoms. The summed E-state index contributed by atoms with van der Waals surface area (Å²) in [6.45, 7) is 3.39. The minimum atomic E-state index is -1.47. The number of aromatic amines is 1. The Morgan fingerprint density at radius 1 is 1.36 bits per heavy atom. The normalized spacial score (nSPS) is 24.2. The van der Waals surface area contributed by atoms with Gasteiger partial charge in [0.25, 0.3) is 5.56 Å². The predicted octanol–water partition coefficient (Wildman–Crippen LogP) is 0.542. The first-order chi connectivity index (χ1) is 11.9. The van der Waals surface area contributed by atoms with Gasteiger partial charge in [0, 0.05) is 24.7 Å². The largest absolute Gasteiger partial charge is 0.506 e. The van der Waals surface area contributed by atoms with Crippen molar-refractivity contribution in [3.8, 4) is 17.1 Å². The van der Waals surface area contributed by atoms with Crippen LogP contribution in [0.4, 0.5) is 5.69 Å². The highest BCUT2D eigenvalue weighted by Crippen LogP contribution is 2.45. The van der Waals surface area contributed by atoms with Gasteiger partial charge >= 0.3 is 5.97 Å². The molecule has 25 heavy (non-hydrogen) atoms. The highest BCUT2D eigenvalue weighted by Gasteiger charge is 2.53. The summed E-state index contributed by atoms with van der Waals surface area (Å²) in [4.78, 5) is 32.1. The zero-order chi connectivity index (χ0) is 17.9. The minimum absolute atomic E-state index is 0.269. The van der Waals surface area contributed by atoms with Gasteiger partial charge in [-0.3, -0.25) is 9.78 Å². The van der Waals surface area contributed by atoms with Crippen molar-refractivity contribution in [1.29, 1.82) is 0 Å². The number of carboxylic acid groups (broad SMARTS) is 1. The fourth-order valence-electron chi connectivity index (χ4n) is 3.64. The third-order valence-corrected chi connectivity index (χ3v) is 5.28. The molecular formula is C17H18N4O4. The van der Waals surface area contributed by atoms with E-state index >= 15 is 0 Å². The number of H-pyrrole nitrogens is 1. The molecule has 2 aliphatic rings. The smallest absolute Gasteiger partial charge is 0.345 e. The summed E-state index contributed by atoms with van der Waals surface area (Å²) in [6, 6.07) is 3.97. The summed E-state index contributed by atoms with van der Waals surface area (Å²) < 4.78 is 0. The number of nitrogens with one attached hydrogen (secondary N) is 1. The van der Waals surface area contributed by atoms with Crippen LogP contribution < -0.4 is 16.2 Å². The van der Waals surface area contributed by atoms with E-state index in [0.717, 1.165) is 18.8 Å². The number of anilines is 1. The lowest BCUT2D eigenvalue weighted by Gasteiger charge is -2.21. The lowest BCUT2D eigenvalue weighted by atomic mass is 10.1. The van der Waals surface area contributed by atoms with Crippen LogP contribution in [0.25, 0.3) is 11.4 Å². The molecule has 4 rings (SSSR count). The van der Waals surface area contributed by atoms with Crippen LogP contribution in [-0.4, -0.2) is 45.3 Å². The van der Waals surface area contributed by atoms with Crippen molar-refractivity contribution in [2.24, 2.45) is 17.6 Å². The average Bonchev–Trinajstić information content (AvgIpc) is 2.98. The fourth-order valence-corrected chi connectivity index (χ4v) is 3.64. The molecule has 0 spiro atoms. The number of pyridine rings is 2. The van der Waals surface area contributed by atoms with Crippen molar-refractivity contribution < 1.29 is 15.0 Å². The number of fused-ring (bicyclic) bond motifs is 1. The van der Waals surface area contributed by atoms with Gasteiger partial charge in [-0.05, 0) is 30.9 Å². The number of nitrogens with two attached hydrogens (primary N) is 1. The number of nitrogens with zero attached hydrogens (tertiary/aromatic N) is 2. The van der Waals surface area contributed by atoms with Crippen LogP contribution in [0.2, 0.25) is 0 Å². The lowest BCUT2D eigenvalue weighted by Crippen LogP contribution is -2.28. The van der Waals surface area contributed by atoms with Crippen molar-refractivity contribution in [3.05, 3.63) is 39.8 Å². The van der Waals surface area contributed by atoms with Crippen molar-refractivity contribution in [2.45, 2.75) is 13.0 Å². The highest BCUT2D eigenvalue weighted by atomic mass is 16.4. The van der Waals surface area contributed by atoms with E-state index in [1.165, 1.54) is 6.92 Å². The van der Waals surface area contributed by atoms with E-state index in [9.17, 15) is 14.7 Å². The molecule has 1 aliphatic carbocycles. The van der Waals surface area contributed by atoms with Crippen LogP contribution >= 0.6 is 0 Å². The molecule has 1 saturated carbocycles. The van der Waals surface area contributed by atoms with Crippen LogP contribution in [0.5, 0.6) is 5.75 Å². The summed E-state index contributed by atoms with van der Waals surface area (Å²) >= 11 is 0. The molecule has 8 nitrogen and oxygen atoms in total. The van der Waals surface area contributed by atoms with Crippen molar-refractivity contribution in [3.63, 3.8) is 0 Å².